The minimum Gasteiger partial charge on any atom is -0.384 e. The largest absolute Gasteiger partial charge is 0.416 e. The molecule has 6 nitrogen and oxygen atoms in total. The highest BCUT2D eigenvalue weighted by molar-refractivity contribution is 6.11. The van der Waals surface area contributed by atoms with Crippen LogP contribution in [-0.2, 0) is 6.18 Å². The number of amides is 1. The van der Waals surface area contributed by atoms with Gasteiger partial charge in [-0.1, -0.05) is 38.0 Å². The van der Waals surface area contributed by atoms with E-state index in [-0.39, 0.29) is 28.2 Å². The number of nitrogens with zero attached hydrogens (tertiary/aromatic N) is 3. The van der Waals surface area contributed by atoms with Crippen LogP contribution in [0.4, 0.5) is 19.0 Å². The third-order valence-corrected chi connectivity index (χ3v) is 5.22. The van der Waals surface area contributed by atoms with Crippen LogP contribution in [0.1, 0.15) is 42.1 Å². The van der Waals surface area contributed by atoms with Crippen LogP contribution in [0.25, 0.3) is 27.9 Å². The molecule has 32 heavy (non-hydrogen) atoms. The summed E-state index contributed by atoms with van der Waals surface area (Å²) in [6.45, 7) is 2.52. The average Bonchev–Trinajstić information content (AvgIpc) is 3.05. The van der Waals surface area contributed by atoms with Crippen molar-refractivity contribution in [1.82, 2.24) is 19.9 Å². The van der Waals surface area contributed by atoms with E-state index < -0.39 is 17.6 Å². The molecule has 0 saturated heterocycles. The minimum atomic E-state index is -4.52. The summed E-state index contributed by atoms with van der Waals surface area (Å²) in [6, 6.07) is 11.8. The molecule has 0 atom stereocenters. The first-order valence-corrected chi connectivity index (χ1v) is 10.3. The van der Waals surface area contributed by atoms with E-state index in [1.165, 1.54) is 16.7 Å². The number of fused-ring (bicyclic) bond motifs is 2. The van der Waals surface area contributed by atoms with Gasteiger partial charge in [0.2, 0.25) is 0 Å². The average molecular weight is 441 g/mol. The number of halogens is 3. The van der Waals surface area contributed by atoms with E-state index in [1.54, 1.807) is 24.3 Å². The Hall–Kier alpha value is -3.62. The van der Waals surface area contributed by atoms with Gasteiger partial charge >= 0.3 is 6.18 Å². The molecule has 9 heteroatoms. The molecule has 2 heterocycles. The molecular formula is C23H22F3N5O. The van der Waals surface area contributed by atoms with E-state index in [1.807, 2.05) is 0 Å². The molecule has 0 aliphatic carbocycles. The maximum Gasteiger partial charge on any atom is 0.416 e. The molecule has 0 spiro atoms. The zero-order valence-electron chi connectivity index (χ0n) is 17.4. The lowest BCUT2D eigenvalue weighted by molar-refractivity contribution is -0.137. The number of carbonyl (C=O) groups excluding carboxylic acids is 1. The molecule has 0 bridgehead atoms. The smallest absolute Gasteiger partial charge is 0.384 e. The van der Waals surface area contributed by atoms with Crippen LogP contribution in [0.2, 0.25) is 0 Å². The normalized spacial score (nSPS) is 11.9. The first-order chi connectivity index (χ1) is 15.3. The summed E-state index contributed by atoms with van der Waals surface area (Å²) in [6.07, 6.45) is -1.74. The molecule has 2 aromatic heterocycles. The summed E-state index contributed by atoms with van der Waals surface area (Å²) in [5.41, 5.74) is 7.34. The minimum absolute atomic E-state index is 0.0115. The molecule has 2 aromatic carbocycles. The number of anilines is 1. The number of nitrogens with two attached hydrogens (primary N) is 1. The Labute approximate surface area is 182 Å². The fourth-order valence-corrected chi connectivity index (χ4v) is 3.63. The van der Waals surface area contributed by atoms with Crippen molar-refractivity contribution in [2.45, 2.75) is 32.4 Å². The summed E-state index contributed by atoms with van der Waals surface area (Å²) in [5.74, 6) is -0.443. The quantitative estimate of drug-likeness (QED) is 0.408. The maximum atomic E-state index is 13.3. The third kappa shape index (κ3) is 3.98. The van der Waals surface area contributed by atoms with E-state index in [9.17, 15) is 18.0 Å². The highest BCUT2D eigenvalue weighted by Crippen LogP contribution is 2.34. The number of unbranched alkanes of at least 4 members (excludes halogenated alkanes) is 2. The van der Waals surface area contributed by atoms with Gasteiger partial charge in [0.25, 0.3) is 5.91 Å². The fraction of sp³-hybridized carbons (Fsp3) is 0.261. The molecule has 4 aromatic rings. The highest BCUT2D eigenvalue weighted by Gasteiger charge is 2.31. The molecule has 0 unspecified atom stereocenters. The zero-order valence-corrected chi connectivity index (χ0v) is 17.4. The van der Waals surface area contributed by atoms with Gasteiger partial charge in [0, 0.05) is 12.2 Å². The molecule has 4 rings (SSSR count). The second kappa shape index (κ2) is 8.49. The molecule has 3 N–H and O–H groups in total. The van der Waals surface area contributed by atoms with Crippen molar-refractivity contribution in [2.24, 2.45) is 0 Å². The fourth-order valence-electron chi connectivity index (χ4n) is 3.63. The lowest BCUT2D eigenvalue weighted by Crippen LogP contribution is -2.25. The van der Waals surface area contributed by atoms with Crippen LogP contribution >= 0.6 is 0 Å². The van der Waals surface area contributed by atoms with Gasteiger partial charge in [0.1, 0.15) is 16.9 Å². The maximum absolute atomic E-state index is 13.3. The van der Waals surface area contributed by atoms with Gasteiger partial charge in [-0.25, -0.2) is 9.97 Å². The molecule has 0 saturated carbocycles. The Morgan fingerprint density at radius 2 is 1.78 bits per heavy atom. The molecule has 0 fully saturated rings. The van der Waals surface area contributed by atoms with E-state index in [0.717, 1.165) is 31.4 Å². The molecular weight excluding hydrogens is 419 g/mol. The van der Waals surface area contributed by atoms with Gasteiger partial charge < -0.3 is 11.1 Å². The Bertz CT molecular complexity index is 1300. The Morgan fingerprint density at radius 3 is 2.47 bits per heavy atom. The van der Waals surface area contributed by atoms with Gasteiger partial charge in [-0.15, -0.1) is 0 Å². The Morgan fingerprint density at radius 1 is 1.06 bits per heavy atom. The number of para-hydroxylation sites is 2. The van der Waals surface area contributed by atoms with Crippen molar-refractivity contribution < 1.29 is 18.0 Å². The van der Waals surface area contributed by atoms with Gasteiger partial charge in [0.05, 0.1) is 16.6 Å². The van der Waals surface area contributed by atoms with Crippen molar-refractivity contribution in [2.75, 3.05) is 12.3 Å². The summed E-state index contributed by atoms with van der Waals surface area (Å²) in [5, 5.41) is 2.84. The number of benzene rings is 2. The van der Waals surface area contributed by atoms with E-state index >= 15 is 0 Å². The summed E-state index contributed by atoms with van der Waals surface area (Å²) < 4.78 is 41.3. The molecule has 0 aliphatic heterocycles. The summed E-state index contributed by atoms with van der Waals surface area (Å²) in [4.78, 5) is 22.2. The Kier molecular flexibility index (Phi) is 5.73. The van der Waals surface area contributed by atoms with Crippen molar-refractivity contribution in [3.8, 4) is 5.69 Å². The van der Waals surface area contributed by atoms with E-state index in [4.69, 9.17) is 5.73 Å². The predicted molar refractivity (Wildman–Crippen MR) is 118 cm³/mol. The van der Waals surface area contributed by atoms with Crippen LogP contribution in [0.3, 0.4) is 0 Å². The second-order valence-corrected chi connectivity index (χ2v) is 7.49. The van der Waals surface area contributed by atoms with Crippen LogP contribution in [0.5, 0.6) is 0 Å². The van der Waals surface area contributed by atoms with Crippen molar-refractivity contribution in [3.05, 3.63) is 59.7 Å². The predicted octanol–water partition coefficient (Wildman–Crippen LogP) is 5.09. The molecule has 0 radical (unpaired) electrons. The first-order valence-electron chi connectivity index (χ1n) is 10.3. The standard InChI is InChI=1S/C23H22F3N5O/c1-2-3-6-12-28-22(32)18-19-21(30-17-11-5-4-10-16(17)29-19)31(20(18)27)15-9-7-8-14(13-15)23(24,25)26/h4-5,7-11,13H,2-3,6,12,27H2,1H3,(H,28,32). The van der Waals surface area contributed by atoms with E-state index in [0.29, 0.717) is 17.6 Å². The van der Waals surface area contributed by atoms with Gasteiger partial charge in [-0.3, -0.25) is 9.36 Å². The van der Waals surface area contributed by atoms with Crippen LogP contribution in [-0.4, -0.2) is 27.0 Å². The lowest BCUT2D eigenvalue weighted by atomic mass is 10.2. The lowest BCUT2D eigenvalue weighted by Gasteiger charge is -2.12. The monoisotopic (exact) mass is 441 g/mol. The number of alkyl halides is 3. The van der Waals surface area contributed by atoms with Crippen LogP contribution in [0, 0.1) is 0 Å². The number of carbonyl (C=O) groups is 1. The molecule has 1 amide bonds. The SMILES string of the molecule is CCCCCNC(=O)c1c(N)n(-c2cccc(C(F)(F)F)c2)c2nc3ccccc3nc12. The number of nitrogen functional groups attached to an aromatic ring is 1. The van der Waals surface area contributed by atoms with Gasteiger partial charge in [-0.2, -0.15) is 13.2 Å². The molecule has 0 aliphatic rings. The summed E-state index contributed by atoms with van der Waals surface area (Å²) in [7, 11) is 0. The van der Waals surface area contributed by atoms with Gasteiger partial charge in [-0.05, 0) is 36.8 Å². The first kappa shape index (κ1) is 21.6. The number of aromatic nitrogens is 3. The van der Waals surface area contributed by atoms with Crippen LogP contribution < -0.4 is 11.1 Å². The number of rotatable bonds is 6. The van der Waals surface area contributed by atoms with Gasteiger partial charge in [0.15, 0.2) is 5.65 Å². The Balaban J connectivity index is 1.92. The number of hydrogen-bond donors (Lipinski definition) is 2. The third-order valence-electron chi connectivity index (χ3n) is 5.22. The number of hydrogen-bond acceptors (Lipinski definition) is 4. The zero-order chi connectivity index (χ0) is 22.9. The summed E-state index contributed by atoms with van der Waals surface area (Å²) >= 11 is 0. The topological polar surface area (TPSA) is 85.8 Å². The molecule has 166 valence electrons. The van der Waals surface area contributed by atoms with Crippen molar-refractivity contribution in [1.29, 1.82) is 0 Å². The highest BCUT2D eigenvalue weighted by atomic mass is 19.4. The second-order valence-electron chi connectivity index (χ2n) is 7.49. The van der Waals surface area contributed by atoms with Crippen molar-refractivity contribution in [3.63, 3.8) is 0 Å². The van der Waals surface area contributed by atoms with E-state index in [2.05, 4.69) is 22.2 Å². The number of nitrogens with one attached hydrogen (secondary N) is 1. The van der Waals surface area contributed by atoms with Crippen LogP contribution in [0.15, 0.2) is 48.5 Å². The van der Waals surface area contributed by atoms with Crippen molar-refractivity contribution >= 4 is 33.9 Å².